The Morgan fingerprint density at radius 1 is 1.64 bits per heavy atom. The number of nitrogens with zero attached hydrogens (tertiary/aromatic N) is 1. The van der Waals surface area contributed by atoms with Crippen molar-refractivity contribution in [2.45, 2.75) is 6.92 Å². The van der Waals surface area contributed by atoms with Gasteiger partial charge >= 0.3 is 5.97 Å². The Hall–Kier alpha value is -1.09. The average molecular weight is 216 g/mol. The molecule has 5 nitrogen and oxygen atoms in total. The molecular formula is C8H13N2O3P. The molecule has 0 aliphatic carbocycles. The molecule has 1 aromatic rings. The highest BCUT2D eigenvalue weighted by Gasteiger charge is 2.18. The van der Waals surface area contributed by atoms with E-state index in [1.165, 1.54) is 6.07 Å². The van der Waals surface area contributed by atoms with Crippen molar-refractivity contribution in [3.8, 4) is 0 Å². The van der Waals surface area contributed by atoms with Crippen molar-refractivity contribution in [2.24, 2.45) is 0 Å². The minimum Gasteiger partial charge on any atom is -0.461 e. The summed E-state index contributed by atoms with van der Waals surface area (Å²) >= 11 is 0. The number of aromatic nitrogens is 2. The standard InChI is InChI=1S/C8H13N2O3P/c1-4-13-8(11)6-5-7(10-9-6)14(2,3)12/h5H,4H2,1-3H3,(H,9,10). The third-order valence-corrected chi connectivity index (χ3v) is 3.02. The zero-order valence-electron chi connectivity index (χ0n) is 8.40. The quantitative estimate of drug-likeness (QED) is 0.600. The van der Waals surface area contributed by atoms with Crippen LogP contribution in [0.3, 0.4) is 0 Å². The molecule has 1 rings (SSSR count). The Morgan fingerprint density at radius 2 is 2.29 bits per heavy atom. The first-order chi connectivity index (χ1) is 6.45. The number of nitrogens with one attached hydrogen (secondary N) is 1. The summed E-state index contributed by atoms with van der Waals surface area (Å²) in [6.07, 6.45) is 0. The lowest BCUT2D eigenvalue weighted by Gasteiger charge is -1.99. The molecule has 0 unspecified atom stereocenters. The maximum Gasteiger partial charge on any atom is 0.358 e. The lowest BCUT2D eigenvalue weighted by Crippen LogP contribution is -2.05. The van der Waals surface area contributed by atoms with Crippen molar-refractivity contribution >= 4 is 18.5 Å². The lowest BCUT2D eigenvalue weighted by atomic mass is 10.4. The van der Waals surface area contributed by atoms with E-state index in [1.807, 2.05) is 0 Å². The molecule has 1 heterocycles. The van der Waals surface area contributed by atoms with Crippen LogP contribution in [0.5, 0.6) is 0 Å². The van der Waals surface area contributed by atoms with E-state index in [4.69, 9.17) is 4.74 Å². The molecule has 0 fully saturated rings. The molecule has 0 spiro atoms. The SMILES string of the molecule is CCOC(=O)c1cc(P(C)(C)=O)[nH]n1. The van der Waals surface area contributed by atoms with Gasteiger partial charge in [-0.2, -0.15) is 5.10 Å². The minimum absolute atomic E-state index is 0.172. The summed E-state index contributed by atoms with van der Waals surface area (Å²) < 4.78 is 16.3. The van der Waals surface area contributed by atoms with E-state index in [2.05, 4.69) is 10.2 Å². The molecule has 0 amide bonds. The summed E-state index contributed by atoms with van der Waals surface area (Å²) in [7, 11) is -2.38. The Balaban J connectivity index is 2.89. The number of hydrogen-bond acceptors (Lipinski definition) is 4. The van der Waals surface area contributed by atoms with Crippen LogP contribution in [0, 0.1) is 0 Å². The van der Waals surface area contributed by atoms with Crippen molar-refractivity contribution < 1.29 is 14.1 Å². The van der Waals surface area contributed by atoms with E-state index in [0.29, 0.717) is 12.0 Å². The minimum atomic E-state index is -2.38. The van der Waals surface area contributed by atoms with Crippen LogP contribution in [0.4, 0.5) is 0 Å². The van der Waals surface area contributed by atoms with Gasteiger partial charge in [0.25, 0.3) is 0 Å². The fraction of sp³-hybridized carbons (Fsp3) is 0.500. The van der Waals surface area contributed by atoms with Crippen LogP contribution in [-0.4, -0.2) is 36.1 Å². The summed E-state index contributed by atoms with van der Waals surface area (Å²) in [5.41, 5.74) is 0.659. The second-order valence-corrected chi connectivity index (χ2v) is 6.39. The smallest absolute Gasteiger partial charge is 0.358 e. The highest BCUT2D eigenvalue weighted by molar-refractivity contribution is 7.69. The van der Waals surface area contributed by atoms with Crippen molar-refractivity contribution in [2.75, 3.05) is 19.9 Å². The topological polar surface area (TPSA) is 72.1 Å². The van der Waals surface area contributed by atoms with Crippen LogP contribution in [0.2, 0.25) is 0 Å². The number of esters is 1. The highest BCUT2D eigenvalue weighted by Crippen LogP contribution is 2.33. The van der Waals surface area contributed by atoms with E-state index >= 15 is 0 Å². The van der Waals surface area contributed by atoms with Crippen molar-refractivity contribution in [1.82, 2.24) is 10.2 Å². The molecule has 0 atom stereocenters. The van der Waals surface area contributed by atoms with Gasteiger partial charge in [0.15, 0.2) is 5.69 Å². The number of carbonyl (C=O) groups is 1. The van der Waals surface area contributed by atoms with Crippen LogP contribution >= 0.6 is 7.14 Å². The Morgan fingerprint density at radius 3 is 2.71 bits per heavy atom. The van der Waals surface area contributed by atoms with Gasteiger partial charge in [-0.3, -0.25) is 5.10 Å². The van der Waals surface area contributed by atoms with Gasteiger partial charge in [0.1, 0.15) is 7.14 Å². The largest absolute Gasteiger partial charge is 0.461 e. The summed E-state index contributed by atoms with van der Waals surface area (Å²) in [6, 6.07) is 1.47. The first-order valence-corrected chi connectivity index (χ1v) is 6.83. The van der Waals surface area contributed by atoms with Gasteiger partial charge in [-0.1, -0.05) is 0 Å². The first kappa shape index (κ1) is 11.0. The molecule has 0 saturated carbocycles. The number of aromatic amines is 1. The van der Waals surface area contributed by atoms with E-state index in [1.54, 1.807) is 20.3 Å². The normalized spacial score (nSPS) is 11.4. The second-order valence-electron chi connectivity index (χ2n) is 3.21. The van der Waals surface area contributed by atoms with Gasteiger partial charge in [0, 0.05) is 6.07 Å². The van der Waals surface area contributed by atoms with Crippen LogP contribution in [-0.2, 0) is 9.30 Å². The highest BCUT2D eigenvalue weighted by atomic mass is 31.2. The van der Waals surface area contributed by atoms with Gasteiger partial charge in [-0.25, -0.2) is 4.79 Å². The van der Waals surface area contributed by atoms with Crippen molar-refractivity contribution in [3.05, 3.63) is 11.8 Å². The van der Waals surface area contributed by atoms with Crippen LogP contribution in [0.25, 0.3) is 0 Å². The lowest BCUT2D eigenvalue weighted by molar-refractivity contribution is 0.0519. The number of hydrogen-bond donors (Lipinski definition) is 1. The predicted octanol–water partition coefficient (Wildman–Crippen LogP) is 0.834. The monoisotopic (exact) mass is 216 g/mol. The Kier molecular flexibility index (Phi) is 3.11. The molecule has 0 aromatic carbocycles. The van der Waals surface area contributed by atoms with Crippen LogP contribution in [0.15, 0.2) is 6.07 Å². The van der Waals surface area contributed by atoms with E-state index in [9.17, 15) is 9.36 Å². The molecule has 14 heavy (non-hydrogen) atoms. The molecule has 0 aliphatic rings. The number of H-pyrrole nitrogens is 1. The molecule has 0 bridgehead atoms. The van der Waals surface area contributed by atoms with Crippen LogP contribution in [0.1, 0.15) is 17.4 Å². The fourth-order valence-corrected chi connectivity index (χ4v) is 1.62. The fourth-order valence-electron chi connectivity index (χ4n) is 0.897. The van der Waals surface area contributed by atoms with Gasteiger partial charge in [-0.05, 0) is 20.3 Å². The van der Waals surface area contributed by atoms with Crippen molar-refractivity contribution in [1.29, 1.82) is 0 Å². The predicted molar refractivity (Wildman–Crippen MR) is 53.6 cm³/mol. The van der Waals surface area contributed by atoms with Gasteiger partial charge < -0.3 is 9.30 Å². The second kappa shape index (κ2) is 3.96. The van der Waals surface area contributed by atoms with E-state index < -0.39 is 13.1 Å². The molecule has 1 N–H and O–H groups in total. The molecule has 0 saturated heterocycles. The number of ether oxygens (including phenoxy) is 1. The summed E-state index contributed by atoms with van der Waals surface area (Å²) in [5.74, 6) is -0.497. The number of rotatable bonds is 3. The molecule has 0 radical (unpaired) electrons. The summed E-state index contributed by atoms with van der Waals surface area (Å²) in [4.78, 5) is 11.2. The van der Waals surface area contributed by atoms with E-state index in [-0.39, 0.29) is 5.69 Å². The number of carbonyl (C=O) groups excluding carboxylic acids is 1. The maximum atomic E-state index is 11.6. The van der Waals surface area contributed by atoms with Gasteiger partial charge in [0.2, 0.25) is 0 Å². The Labute approximate surface area is 82.2 Å². The molecule has 78 valence electrons. The zero-order valence-corrected chi connectivity index (χ0v) is 9.30. The molecule has 6 heteroatoms. The first-order valence-electron chi connectivity index (χ1n) is 4.23. The third-order valence-electron chi connectivity index (χ3n) is 1.63. The third kappa shape index (κ3) is 2.45. The Bertz CT molecular complexity index is 380. The molecule has 0 aliphatic heterocycles. The summed E-state index contributed by atoms with van der Waals surface area (Å²) in [6.45, 7) is 5.23. The van der Waals surface area contributed by atoms with Crippen molar-refractivity contribution in [3.63, 3.8) is 0 Å². The average Bonchev–Trinajstić information content (AvgIpc) is 2.51. The van der Waals surface area contributed by atoms with Gasteiger partial charge in [0.05, 0.1) is 12.0 Å². The zero-order chi connectivity index (χ0) is 10.8. The van der Waals surface area contributed by atoms with Gasteiger partial charge in [-0.15, -0.1) is 0 Å². The van der Waals surface area contributed by atoms with Crippen LogP contribution < -0.4 is 5.44 Å². The maximum absolute atomic E-state index is 11.6. The van der Waals surface area contributed by atoms with E-state index in [0.717, 1.165) is 0 Å². The molecule has 1 aromatic heterocycles. The summed E-state index contributed by atoms with van der Waals surface area (Å²) in [5, 5.41) is 6.30. The molecular weight excluding hydrogens is 203 g/mol.